The average Bonchev–Trinajstić information content (AvgIpc) is 2.82. The van der Waals surface area contributed by atoms with E-state index >= 15 is 0 Å². The number of imidazole rings is 1. The molecule has 0 bridgehead atoms. The van der Waals surface area contributed by atoms with Gasteiger partial charge in [-0.25, -0.2) is 9.55 Å². The number of benzene rings is 1. The molecule has 1 unspecified atom stereocenters. The van der Waals surface area contributed by atoms with Gasteiger partial charge in [0, 0.05) is 11.9 Å². The van der Waals surface area contributed by atoms with Crippen LogP contribution in [0.4, 0.5) is 5.82 Å². The highest BCUT2D eigenvalue weighted by atomic mass is 35.5. The Morgan fingerprint density at radius 1 is 1.45 bits per heavy atom. The van der Waals surface area contributed by atoms with Gasteiger partial charge in [0.05, 0.1) is 13.2 Å². The van der Waals surface area contributed by atoms with E-state index in [1.165, 1.54) is 10.8 Å². The second kappa shape index (κ2) is 7.35. The summed E-state index contributed by atoms with van der Waals surface area (Å²) in [7, 11) is 0. The Bertz CT molecular complexity index is 642. The number of nitrogens with zero attached hydrogens (tertiary/aromatic N) is 3. The van der Waals surface area contributed by atoms with Gasteiger partial charge < -0.3 is 20.0 Å². The van der Waals surface area contributed by atoms with Crippen molar-refractivity contribution in [1.82, 2.24) is 9.55 Å². The first-order valence-corrected chi connectivity index (χ1v) is 7.02. The summed E-state index contributed by atoms with van der Waals surface area (Å²) < 4.78 is 6.77. The van der Waals surface area contributed by atoms with Gasteiger partial charge in [-0.3, -0.25) is 0 Å². The maximum atomic E-state index is 10.9. The molecule has 1 heterocycles. The van der Waals surface area contributed by atoms with Gasteiger partial charge in [0.2, 0.25) is 0 Å². The Labute approximate surface area is 132 Å². The van der Waals surface area contributed by atoms with Crippen LogP contribution in [0.25, 0.3) is 0 Å². The normalized spacial score (nSPS) is 12.3. The molecule has 0 saturated heterocycles. The zero-order valence-electron chi connectivity index (χ0n) is 12.0. The van der Waals surface area contributed by atoms with Crippen molar-refractivity contribution in [2.24, 2.45) is 0 Å². The molecule has 0 radical (unpaired) electrons. The molecular formula is C14H16ClN3O4. The van der Waals surface area contributed by atoms with Gasteiger partial charge in [-0.15, -0.1) is 0 Å². The molecule has 0 aliphatic heterocycles. The minimum absolute atomic E-state index is 0.0583. The van der Waals surface area contributed by atoms with E-state index in [1.807, 2.05) is 12.1 Å². The van der Waals surface area contributed by atoms with Crippen LogP contribution in [-0.4, -0.2) is 32.3 Å². The van der Waals surface area contributed by atoms with Crippen molar-refractivity contribution >= 4 is 17.4 Å². The van der Waals surface area contributed by atoms with Gasteiger partial charge in [-0.2, -0.15) is 0 Å². The van der Waals surface area contributed by atoms with Gasteiger partial charge in [-0.05, 0) is 22.6 Å². The van der Waals surface area contributed by atoms with E-state index in [0.717, 1.165) is 5.56 Å². The lowest BCUT2D eigenvalue weighted by Gasteiger charge is -2.11. The van der Waals surface area contributed by atoms with Crippen LogP contribution >= 0.6 is 11.6 Å². The van der Waals surface area contributed by atoms with Crippen LogP contribution in [0.15, 0.2) is 30.5 Å². The molecule has 2 rings (SSSR count). The van der Waals surface area contributed by atoms with Gasteiger partial charge in [-0.1, -0.05) is 23.7 Å². The molecular weight excluding hydrogens is 310 g/mol. The molecule has 0 amide bonds. The summed E-state index contributed by atoms with van der Waals surface area (Å²) in [6, 6.07) is 7.18. The number of rotatable bonds is 7. The smallest absolute Gasteiger partial charge is 0.342 e. The summed E-state index contributed by atoms with van der Waals surface area (Å²) >= 11 is 5.79. The van der Waals surface area contributed by atoms with Gasteiger partial charge >= 0.3 is 5.82 Å². The van der Waals surface area contributed by atoms with Crippen LogP contribution in [0.1, 0.15) is 11.4 Å². The van der Waals surface area contributed by atoms with Crippen LogP contribution in [0.3, 0.4) is 0 Å². The van der Waals surface area contributed by atoms with E-state index in [2.05, 4.69) is 4.98 Å². The van der Waals surface area contributed by atoms with Crippen molar-refractivity contribution in [3.05, 3.63) is 57.0 Å². The lowest BCUT2D eigenvalue weighted by atomic mass is 10.2. The molecule has 2 aromatic rings. The zero-order valence-corrected chi connectivity index (χ0v) is 12.7. The molecule has 0 fully saturated rings. The molecule has 22 heavy (non-hydrogen) atoms. The summed E-state index contributed by atoms with van der Waals surface area (Å²) in [5.74, 6) is 0.331. The lowest BCUT2D eigenvalue weighted by molar-refractivity contribution is -0.392. The Balaban J connectivity index is 1.85. The summed E-state index contributed by atoms with van der Waals surface area (Å²) in [5, 5.41) is 21.5. The maximum absolute atomic E-state index is 10.9. The molecule has 0 aliphatic carbocycles. The molecule has 0 spiro atoms. The number of halogens is 1. The molecule has 1 atom stereocenters. The van der Waals surface area contributed by atoms with E-state index in [1.54, 1.807) is 19.1 Å². The number of nitro groups is 1. The van der Waals surface area contributed by atoms with Crippen molar-refractivity contribution < 1.29 is 14.8 Å². The third kappa shape index (κ3) is 4.27. The third-order valence-corrected chi connectivity index (χ3v) is 3.36. The van der Waals surface area contributed by atoms with Gasteiger partial charge in [0.15, 0.2) is 5.82 Å². The summed E-state index contributed by atoms with van der Waals surface area (Å²) in [6.07, 6.45) is 0.315. The highest BCUT2D eigenvalue weighted by molar-refractivity contribution is 6.30. The van der Waals surface area contributed by atoms with Crippen molar-refractivity contribution in [3.8, 4) is 0 Å². The van der Waals surface area contributed by atoms with Crippen LogP contribution in [0.2, 0.25) is 5.02 Å². The number of hydrogen-bond donors (Lipinski definition) is 1. The quantitative estimate of drug-likeness (QED) is 0.623. The minimum atomic E-state index is -0.862. The standard InChI is InChI=1S/C14H16ClN3O4/c1-10-16-6-14(18(20)21)17(10)7-13(19)9-22-8-11-2-4-12(15)5-3-11/h2-6,13,19H,7-9H2,1H3. The highest BCUT2D eigenvalue weighted by Crippen LogP contribution is 2.15. The van der Waals surface area contributed by atoms with E-state index in [4.69, 9.17) is 16.3 Å². The Morgan fingerprint density at radius 2 is 2.14 bits per heavy atom. The predicted molar refractivity (Wildman–Crippen MR) is 80.7 cm³/mol. The zero-order chi connectivity index (χ0) is 16.1. The summed E-state index contributed by atoms with van der Waals surface area (Å²) in [5.41, 5.74) is 0.932. The predicted octanol–water partition coefficient (Wildman–Crippen LogP) is 2.33. The Kier molecular flexibility index (Phi) is 5.48. The number of ether oxygens (including phenoxy) is 1. The molecule has 118 valence electrons. The first kappa shape index (κ1) is 16.4. The fraction of sp³-hybridized carbons (Fsp3) is 0.357. The van der Waals surface area contributed by atoms with Gasteiger partial charge in [0.25, 0.3) is 0 Å². The highest BCUT2D eigenvalue weighted by Gasteiger charge is 2.20. The number of aromatic nitrogens is 2. The van der Waals surface area contributed by atoms with Crippen LogP contribution in [0, 0.1) is 17.0 Å². The largest absolute Gasteiger partial charge is 0.387 e. The van der Waals surface area contributed by atoms with Crippen molar-refractivity contribution in [1.29, 1.82) is 0 Å². The average molecular weight is 326 g/mol. The molecule has 8 heteroatoms. The van der Waals surface area contributed by atoms with E-state index in [9.17, 15) is 15.2 Å². The molecule has 1 aromatic carbocycles. The molecule has 0 aliphatic rings. The monoisotopic (exact) mass is 325 g/mol. The fourth-order valence-corrected chi connectivity index (χ4v) is 2.11. The fourth-order valence-electron chi connectivity index (χ4n) is 1.98. The summed E-state index contributed by atoms with van der Waals surface area (Å²) in [4.78, 5) is 14.2. The van der Waals surface area contributed by atoms with E-state index in [0.29, 0.717) is 17.5 Å². The maximum Gasteiger partial charge on any atom is 0.342 e. The number of aryl methyl sites for hydroxylation is 1. The molecule has 7 nitrogen and oxygen atoms in total. The van der Waals surface area contributed by atoms with Crippen LogP contribution in [0.5, 0.6) is 0 Å². The van der Waals surface area contributed by atoms with E-state index < -0.39 is 11.0 Å². The molecule has 1 aromatic heterocycles. The van der Waals surface area contributed by atoms with E-state index in [-0.39, 0.29) is 19.0 Å². The SMILES string of the molecule is Cc1ncc([N+](=O)[O-])n1CC(O)COCc1ccc(Cl)cc1. The van der Waals surface area contributed by atoms with Crippen molar-refractivity contribution in [3.63, 3.8) is 0 Å². The number of aliphatic hydroxyl groups is 1. The first-order chi connectivity index (χ1) is 10.5. The van der Waals surface area contributed by atoms with Gasteiger partial charge in [0.1, 0.15) is 18.8 Å². The number of aliphatic hydroxyl groups excluding tert-OH is 1. The Hall–Kier alpha value is -1.96. The lowest BCUT2D eigenvalue weighted by Crippen LogP contribution is -2.23. The number of hydrogen-bond acceptors (Lipinski definition) is 5. The third-order valence-electron chi connectivity index (χ3n) is 3.11. The van der Waals surface area contributed by atoms with Crippen LogP contribution < -0.4 is 0 Å². The molecule has 1 N–H and O–H groups in total. The second-order valence-electron chi connectivity index (χ2n) is 4.83. The van der Waals surface area contributed by atoms with Crippen LogP contribution in [-0.2, 0) is 17.9 Å². The molecule has 0 saturated carbocycles. The minimum Gasteiger partial charge on any atom is -0.387 e. The van der Waals surface area contributed by atoms with Crippen molar-refractivity contribution in [2.75, 3.05) is 6.61 Å². The first-order valence-electron chi connectivity index (χ1n) is 6.64. The summed E-state index contributed by atoms with van der Waals surface area (Å²) in [6.45, 7) is 2.10. The Morgan fingerprint density at radius 3 is 2.77 bits per heavy atom. The topological polar surface area (TPSA) is 90.4 Å². The van der Waals surface area contributed by atoms with Crippen molar-refractivity contribution in [2.45, 2.75) is 26.2 Å². The second-order valence-corrected chi connectivity index (χ2v) is 5.26.